The first kappa shape index (κ1) is 11.5. The maximum absolute atomic E-state index is 9.92. The topological polar surface area (TPSA) is 101 Å². The second kappa shape index (κ2) is 4.29. The Morgan fingerprint density at radius 1 is 1.22 bits per heavy atom. The third-order valence-electron chi connectivity index (χ3n) is 3.14. The van der Waals surface area contributed by atoms with Crippen LogP contribution in [0.1, 0.15) is 6.23 Å². The Hall–Kier alpha value is -1.54. The minimum absolute atomic E-state index is 0.360. The van der Waals surface area contributed by atoms with Crippen LogP contribution in [0.3, 0.4) is 0 Å². The van der Waals surface area contributed by atoms with Crippen LogP contribution in [0.2, 0.25) is 0 Å². The van der Waals surface area contributed by atoms with Gasteiger partial charge in [-0.25, -0.2) is 4.68 Å². The minimum Gasteiger partial charge on any atom is -0.394 e. The third kappa shape index (κ3) is 1.60. The molecule has 18 heavy (non-hydrogen) atoms. The van der Waals surface area contributed by atoms with Crippen molar-refractivity contribution in [1.29, 1.82) is 0 Å². The Labute approximate surface area is 102 Å². The molecule has 0 amide bonds. The molecule has 0 bridgehead atoms. The lowest BCUT2D eigenvalue weighted by molar-refractivity contribution is -0.0572. The van der Waals surface area contributed by atoms with Crippen molar-refractivity contribution in [3.8, 4) is 0 Å². The van der Waals surface area contributed by atoms with E-state index >= 15 is 0 Å². The zero-order valence-corrected chi connectivity index (χ0v) is 9.42. The molecule has 0 unspecified atom stereocenters. The summed E-state index contributed by atoms with van der Waals surface area (Å²) in [6, 6.07) is 7.24. The van der Waals surface area contributed by atoms with Gasteiger partial charge in [0.1, 0.15) is 23.8 Å². The first-order chi connectivity index (χ1) is 8.72. The summed E-state index contributed by atoms with van der Waals surface area (Å²) in [4.78, 5) is 0. The predicted octanol–water partition coefficient (Wildman–Crippen LogP) is -0.957. The monoisotopic (exact) mass is 251 g/mol. The maximum Gasteiger partial charge on any atom is 0.181 e. The molecule has 0 aliphatic carbocycles. The van der Waals surface area contributed by atoms with Crippen molar-refractivity contribution in [2.75, 3.05) is 6.61 Å². The van der Waals surface area contributed by atoms with Gasteiger partial charge in [0.25, 0.3) is 0 Å². The van der Waals surface area contributed by atoms with Crippen molar-refractivity contribution >= 4 is 11.0 Å². The lowest BCUT2D eigenvalue weighted by Gasteiger charge is -2.14. The van der Waals surface area contributed by atoms with Crippen LogP contribution in [-0.4, -0.2) is 55.2 Å². The van der Waals surface area contributed by atoms with Crippen molar-refractivity contribution in [3.05, 3.63) is 24.3 Å². The lowest BCUT2D eigenvalue weighted by atomic mass is 10.1. The first-order valence-electron chi connectivity index (χ1n) is 5.65. The van der Waals surface area contributed by atoms with E-state index < -0.39 is 24.5 Å². The van der Waals surface area contributed by atoms with Gasteiger partial charge in [-0.15, -0.1) is 5.10 Å². The van der Waals surface area contributed by atoms with Gasteiger partial charge in [0.05, 0.1) is 12.1 Å². The summed E-state index contributed by atoms with van der Waals surface area (Å²) in [6.07, 6.45) is -3.94. The van der Waals surface area contributed by atoms with Crippen molar-refractivity contribution in [2.24, 2.45) is 0 Å². The second-order valence-electron chi connectivity index (χ2n) is 4.25. The zero-order valence-electron chi connectivity index (χ0n) is 9.42. The fourth-order valence-electron chi connectivity index (χ4n) is 2.16. The Balaban J connectivity index is 2.00. The minimum atomic E-state index is -1.15. The number of rotatable bonds is 2. The van der Waals surface area contributed by atoms with Crippen LogP contribution in [0.15, 0.2) is 24.3 Å². The molecule has 3 rings (SSSR count). The summed E-state index contributed by atoms with van der Waals surface area (Å²) < 4.78 is 6.81. The SMILES string of the molecule is OC[C@@H]1O[C@H](n2nnc3ccccc32)[C@H](O)[C@H]1O. The van der Waals surface area contributed by atoms with Gasteiger partial charge < -0.3 is 20.1 Å². The lowest BCUT2D eigenvalue weighted by Crippen LogP contribution is -2.33. The molecule has 7 heteroatoms. The number of hydrogen-bond acceptors (Lipinski definition) is 6. The number of aliphatic hydroxyl groups is 3. The molecule has 2 aromatic rings. The van der Waals surface area contributed by atoms with Crippen LogP contribution in [0.25, 0.3) is 11.0 Å². The molecule has 0 spiro atoms. The van der Waals surface area contributed by atoms with Crippen LogP contribution in [0.5, 0.6) is 0 Å². The van der Waals surface area contributed by atoms with Crippen LogP contribution in [0, 0.1) is 0 Å². The van der Waals surface area contributed by atoms with E-state index in [9.17, 15) is 10.2 Å². The van der Waals surface area contributed by atoms with E-state index in [1.54, 1.807) is 12.1 Å². The standard InChI is InChI=1S/C11H13N3O4/c15-5-8-9(16)10(17)11(18-8)14-7-4-2-1-3-6(7)12-13-14/h1-4,8-11,15-17H,5H2/t8-,9-,10+,11-/m0/s1. The van der Waals surface area contributed by atoms with Gasteiger partial charge in [-0.1, -0.05) is 17.3 Å². The van der Waals surface area contributed by atoms with Crippen molar-refractivity contribution in [1.82, 2.24) is 15.0 Å². The van der Waals surface area contributed by atoms with E-state index in [1.807, 2.05) is 12.1 Å². The number of para-hydroxylation sites is 1. The average molecular weight is 251 g/mol. The van der Waals surface area contributed by atoms with E-state index in [2.05, 4.69) is 10.3 Å². The van der Waals surface area contributed by atoms with Crippen molar-refractivity contribution in [2.45, 2.75) is 24.5 Å². The van der Waals surface area contributed by atoms with Gasteiger partial charge in [0, 0.05) is 0 Å². The molecule has 96 valence electrons. The first-order valence-corrected chi connectivity index (χ1v) is 5.65. The van der Waals surface area contributed by atoms with Crippen LogP contribution >= 0.6 is 0 Å². The van der Waals surface area contributed by atoms with Gasteiger partial charge in [0.15, 0.2) is 6.23 Å². The van der Waals surface area contributed by atoms with Crippen LogP contribution in [-0.2, 0) is 4.74 Å². The molecule has 0 radical (unpaired) electrons. The number of benzene rings is 1. The molecule has 1 saturated heterocycles. The highest BCUT2D eigenvalue weighted by Gasteiger charge is 2.44. The summed E-state index contributed by atoms with van der Waals surface area (Å²) in [5.74, 6) is 0. The predicted molar refractivity (Wildman–Crippen MR) is 60.5 cm³/mol. The molecule has 2 heterocycles. The summed E-state index contributed by atoms with van der Waals surface area (Å²) >= 11 is 0. The van der Waals surface area contributed by atoms with E-state index in [0.717, 1.165) is 0 Å². The molecular weight excluding hydrogens is 238 g/mol. The smallest absolute Gasteiger partial charge is 0.181 e. The van der Waals surface area contributed by atoms with Gasteiger partial charge >= 0.3 is 0 Å². The average Bonchev–Trinajstić information content (AvgIpc) is 2.93. The second-order valence-corrected chi connectivity index (χ2v) is 4.25. The normalized spacial score (nSPS) is 32.2. The van der Waals surface area contributed by atoms with E-state index in [-0.39, 0.29) is 6.61 Å². The van der Waals surface area contributed by atoms with Crippen molar-refractivity contribution < 1.29 is 20.1 Å². The quantitative estimate of drug-likeness (QED) is 0.635. The van der Waals surface area contributed by atoms with Gasteiger partial charge in [-0.05, 0) is 12.1 Å². The van der Waals surface area contributed by atoms with Crippen LogP contribution < -0.4 is 0 Å². The fourth-order valence-corrected chi connectivity index (χ4v) is 2.16. The highest BCUT2D eigenvalue weighted by atomic mass is 16.6. The molecule has 3 N–H and O–H groups in total. The van der Waals surface area contributed by atoms with Gasteiger partial charge in [-0.3, -0.25) is 0 Å². The number of nitrogens with zero attached hydrogens (tertiary/aromatic N) is 3. The fraction of sp³-hybridized carbons (Fsp3) is 0.455. The molecule has 1 aromatic heterocycles. The van der Waals surface area contributed by atoms with E-state index in [4.69, 9.17) is 9.84 Å². The molecule has 1 aliphatic heterocycles. The largest absolute Gasteiger partial charge is 0.394 e. The van der Waals surface area contributed by atoms with Gasteiger partial charge in [0.2, 0.25) is 0 Å². The van der Waals surface area contributed by atoms with E-state index in [1.165, 1.54) is 4.68 Å². The maximum atomic E-state index is 9.92. The Morgan fingerprint density at radius 2 is 2.00 bits per heavy atom. The Morgan fingerprint density at radius 3 is 2.72 bits per heavy atom. The summed E-state index contributed by atoms with van der Waals surface area (Å²) in [5, 5.41) is 36.5. The number of aliphatic hydroxyl groups excluding tert-OH is 3. The number of hydrogen-bond donors (Lipinski definition) is 3. The Kier molecular flexibility index (Phi) is 2.75. The Bertz CT molecular complexity index is 558. The molecule has 0 saturated carbocycles. The van der Waals surface area contributed by atoms with Gasteiger partial charge in [-0.2, -0.15) is 0 Å². The molecule has 7 nitrogen and oxygen atoms in total. The van der Waals surface area contributed by atoms with Crippen molar-refractivity contribution in [3.63, 3.8) is 0 Å². The molecule has 1 aromatic carbocycles. The summed E-state index contributed by atoms with van der Waals surface area (Å²) in [5.41, 5.74) is 1.38. The van der Waals surface area contributed by atoms with Crippen LogP contribution in [0.4, 0.5) is 0 Å². The summed E-state index contributed by atoms with van der Waals surface area (Å²) in [6.45, 7) is -0.360. The molecule has 1 aliphatic rings. The number of aromatic nitrogens is 3. The molecule has 1 fully saturated rings. The highest BCUT2D eigenvalue weighted by molar-refractivity contribution is 5.73. The molecule has 4 atom stereocenters. The van der Waals surface area contributed by atoms with E-state index in [0.29, 0.717) is 11.0 Å². The zero-order chi connectivity index (χ0) is 12.7. The third-order valence-corrected chi connectivity index (χ3v) is 3.14. The summed E-state index contributed by atoms with van der Waals surface area (Å²) in [7, 11) is 0. The number of ether oxygens (including phenoxy) is 1. The number of fused-ring (bicyclic) bond motifs is 1. The highest BCUT2D eigenvalue weighted by Crippen LogP contribution is 2.30. The molecular formula is C11H13N3O4.